The second-order valence-electron chi connectivity index (χ2n) is 8.20. The van der Waals surface area contributed by atoms with E-state index >= 15 is 0 Å². The van der Waals surface area contributed by atoms with Gasteiger partial charge in [-0.15, -0.1) is 0 Å². The van der Waals surface area contributed by atoms with Crippen LogP contribution in [-0.2, 0) is 23.1 Å². The Labute approximate surface area is 186 Å². The lowest BCUT2D eigenvalue weighted by Crippen LogP contribution is -2.35. The predicted molar refractivity (Wildman–Crippen MR) is 120 cm³/mol. The third-order valence-corrected chi connectivity index (χ3v) is 7.28. The fourth-order valence-electron chi connectivity index (χ4n) is 2.93. The summed E-state index contributed by atoms with van der Waals surface area (Å²) in [5.74, 6) is 0.149. The largest absolute Gasteiger partial charge is 0.465 e. The quantitative estimate of drug-likeness (QED) is 0.544. The summed E-state index contributed by atoms with van der Waals surface area (Å²) in [7, 11) is -1.01. The highest BCUT2D eigenvalue weighted by molar-refractivity contribution is 9.10. The lowest BCUT2D eigenvalue weighted by atomic mass is 9.85. The van der Waals surface area contributed by atoms with Crippen LogP contribution in [0.1, 0.15) is 50.3 Å². The zero-order valence-electron chi connectivity index (χ0n) is 17.9. The molecule has 1 atom stereocenters. The van der Waals surface area contributed by atoms with Crippen molar-refractivity contribution in [1.82, 2.24) is 18.6 Å². The van der Waals surface area contributed by atoms with Crippen LogP contribution in [0.3, 0.4) is 0 Å². The first kappa shape index (κ1) is 24.4. The van der Waals surface area contributed by atoms with Gasteiger partial charge in [-0.3, -0.25) is 0 Å². The Bertz CT molecular complexity index is 985. The van der Waals surface area contributed by atoms with Crippen molar-refractivity contribution in [2.24, 2.45) is 5.41 Å². The highest BCUT2D eigenvalue weighted by Crippen LogP contribution is 2.28. The van der Waals surface area contributed by atoms with Crippen molar-refractivity contribution in [3.05, 3.63) is 52.0 Å². The first-order valence-electron chi connectivity index (χ1n) is 9.61. The Morgan fingerprint density at radius 1 is 1.30 bits per heavy atom. The maximum Gasteiger partial charge on any atom is 0.405 e. The molecule has 30 heavy (non-hydrogen) atoms. The number of amides is 1. The number of rotatable bonds is 9. The minimum absolute atomic E-state index is 0.0697. The number of hydrogen-bond donors (Lipinski definition) is 2. The lowest BCUT2D eigenvalue weighted by molar-refractivity contribution is 0.189. The van der Waals surface area contributed by atoms with Gasteiger partial charge < -0.3 is 10.4 Å². The molecule has 0 saturated heterocycles. The molecule has 0 fully saturated rings. The minimum Gasteiger partial charge on any atom is -0.465 e. The molecular formula is C20H29BrN4O4S. The van der Waals surface area contributed by atoms with Crippen LogP contribution in [-0.4, -0.2) is 47.0 Å². The normalized spacial score (nSPS) is 13.4. The van der Waals surface area contributed by atoms with Gasteiger partial charge in [0.1, 0.15) is 5.82 Å². The molecule has 0 aliphatic heterocycles. The summed E-state index contributed by atoms with van der Waals surface area (Å²) in [6.07, 6.45) is 1.98. The number of aromatic nitrogens is 2. The lowest BCUT2D eigenvalue weighted by Gasteiger charge is -2.21. The zero-order valence-corrected chi connectivity index (χ0v) is 20.3. The fraction of sp³-hybridized carbons (Fsp3) is 0.500. The number of nitrogens with zero attached hydrogens (tertiary/aromatic N) is 3. The summed E-state index contributed by atoms with van der Waals surface area (Å²) < 4.78 is 29.0. The maximum atomic E-state index is 13.0. The van der Waals surface area contributed by atoms with Crippen molar-refractivity contribution < 1.29 is 18.3 Å². The number of hydrogen-bond acceptors (Lipinski definition) is 4. The molecular weight excluding hydrogens is 472 g/mol. The van der Waals surface area contributed by atoms with Gasteiger partial charge in [-0.05, 0) is 29.5 Å². The SMILES string of the molecule is CCC(C)(C)Cc1cn(S(=O)(=O)N(C)C)c(C(Cc2ccc(Br)cc2)NC(=O)O)n1. The number of imidazole rings is 1. The highest BCUT2D eigenvalue weighted by Gasteiger charge is 2.30. The third kappa shape index (κ3) is 6.05. The van der Waals surface area contributed by atoms with Crippen LogP contribution in [0.5, 0.6) is 0 Å². The Balaban J connectivity index is 2.57. The van der Waals surface area contributed by atoms with Crippen molar-refractivity contribution >= 4 is 32.2 Å². The van der Waals surface area contributed by atoms with Crippen LogP contribution in [0.4, 0.5) is 4.79 Å². The summed E-state index contributed by atoms with van der Waals surface area (Å²) in [4.78, 5) is 16.1. The number of carbonyl (C=O) groups is 1. The molecule has 2 N–H and O–H groups in total. The van der Waals surface area contributed by atoms with E-state index in [0.717, 1.165) is 24.7 Å². The predicted octanol–water partition coefficient (Wildman–Crippen LogP) is 3.83. The van der Waals surface area contributed by atoms with Crippen LogP contribution in [0, 0.1) is 5.41 Å². The third-order valence-electron chi connectivity index (χ3n) is 5.04. The zero-order chi connectivity index (χ0) is 22.7. The molecule has 0 aliphatic carbocycles. The second kappa shape index (κ2) is 9.49. The maximum absolute atomic E-state index is 13.0. The standard InChI is InChI=1S/C20H29BrN4O4S/c1-6-20(2,3)12-16-13-25(30(28,29)24(4)5)18(22-16)17(23-19(26)27)11-14-7-9-15(21)10-8-14/h7-10,13,17,23H,6,11-12H2,1-5H3,(H,26,27). The molecule has 1 amide bonds. The molecule has 2 aromatic rings. The fourth-order valence-corrected chi connectivity index (χ4v) is 4.21. The summed E-state index contributed by atoms with van der Waals surface area (Å²) in [6.45, 7) is 6.23. The second-order valence-corrected chi connectivity index (χ2v) is 11.1. The first-order valence-corrected chi connectivity index (χ1v) is 11.8. The summed E-state index contributed by atoms with van der Waals surface area (Å²) >= 11 is 3.38. The smallest absolute Gasteiger partial charge is 0.405 e. The van der Waals surface area contributed by atoms with Crippen LogP contribution < -0.4 is 5.32 Å². The Morgan fingerprint density at radius 3 is 2.40 bits per heavy atom. The van der Waals surface area contributed by atoms with Crippen molar-refractivity contribution in [2.75, 3.05) is 14.1 Å². The minimum atomic E-state index is -3.88. The van der Waals surface area contributed by atoms with Crippen molar-refractivity contribution in [3.63, 3.8) is 0 Å². The number of benzene rings is 1. The first-order chi connectivity index (χ1) is 13.9. The summed E-state index contributed by atoms with van der Waals surface area (Å²) in [5, 5.41) is 11.8. The average molecular weight is 501 g/mol. The van der Waals surface area contributed by atoms with Gasteiger partial charge in [0.05, 0.1) is 11.7 Å². The molecule has 166 valence electrons. The summed E-state index contributed by atoms with van der Waals surface area (Å²) in [5.41, 5.74) is 1.39. The number of halogens is 1. The van der Waals surface area contributed by atoms with E-state index in [0.29, 0.717) is 12.1 Å². The van der Waals surface area contributed by atoms with Gasteiger partial charge in [-0.25, -0.2) is 13.8 Å². The van der Waals surface area contributed by atoms with Crippen molar-refractivity contribution in [2.45, 2.75) is 46.1 Å². The van der Waals surface area contributed by atoms with Gasteiger partial charge >= 0.3 is 16.3 Å². The van der Waals surface area contributed by atoms with Gasteiger partial charge in [-0.2, -0.15) is 12.7 Å². The average Bonchev–Trinajstić information content (AvgIpc) is 3.06. The van der Waals surface area contributed by atoms with E-state index in [4.69, 9.17) is 0 Å². The van der Waals surface area contributed by atoms with Gasteiger partial charge in [0.15, 0.2) is 0 Å². The van der Waals surface area contributed by atoms with E-state index < -0.39 is 22.3 Å². The van der Waals surface area contributed by atoms with Gasteiger partial charge in [0.25, 0.3) is 0 Å². The molecule has 1 aromatic carbocycles. The van der Waals surface area contributed by atoms with E-state index in [2.05, 4.69) is 47.0 Å². The number of nitrogens with one attached hydrogen (secondary N) is 1. The van der Waals surface area contributed by atoms with Gasteiger partial charge in [0, 0.05) is 31.2 Å². The van der Waals surface area contributed by atoms with E-state index in [1.807, 2.05) is 24.3 Å². The van der Waals surface area contributed by atoms with Gasteiger partial charge in [0.2, 0.25) is 0 Å². The molecule has 1 heterocycles. The van der Waals surface area contributed by atoms with Crippen LogP contribution in [0.2, 0.25) is 0 Å². The van der Waals surface area contributed by atoms with Crippen LogP contribution in [0.15, 0.2) is 34.9 Å². The van der Waals surface area contributed by atoms with Crippen molar-refractivity contribution in [3.8, 4) is 0 Å². The molecule has 8 nitrogen and oxygen atoms in total. The molecule has 1 unspecified atom stereocenters. The topological polar surface area (TPSA) is 105 Å². The monoisotopic (exact) mass is 500 g/mol. The van der Waals surface area contributed by atoms with E-state index in [1.165, 1.54) is 20.3 Å². The molecule has 0 aliphatic rings. The highest BCUT2D eigenvalue weighted by atomic mass is 79.9. The van der Waals surface area contributed by atoms with Gasteiger partial charge in [-0.1, -0.05) is 55.3 Å². The van der Waals surface area contributed by atoms with E-state index in [9.17, 15) is 18.3 Å². The van der Waals surface area contributed by atoms with Crippen molar-refractivity contribution in [1.29, 1.82) is 0 Å². The Hall–Kier alpha value is -1.91. The molecule has 2 rings (SSSR count). The van der Waals surface area contributed by atoms with Crippen LogP contribution in [0.25, 0.3) is 0 Å². The Morgan fingerprint density at radius 2 is 1.90 bits per heavy atom. The molecule has 1 aromatic heterocycles. The van der Waals surface area contributed by atoms with E-state index in [-0.39, 0.29) is 17.7 Å². The molecule has 0 bridgehead atoms. The molecule has 0 spiro atoms. The Kier molecular flexibility index (Phi) is 7.70. The van der Waals surface area contributed by atoms with E-state index in [1.54, 1.807) is 0 Å². The molecule has 10 heteroatoms. The number of carboxylic acid groups (broad SMARTS) is 1. The molecule has 0 saturated carbocycles. The molecule has 0 radical (unpaired) electrons. The van der Waals surface area contributed by atoms with Crippen LogP contribution >= 0.6 is 15.9 Å². The summed E-state index contributed by atoms with van der Waals surface area (Å²) in [6, 6.07) is 6.58.